The minimum atomic E-state index is -0.705. The Kier molecular flexibility index (Phi) is 2.83. The Morgan fingerprint density at radius 3 is 2.65 bits per heavy atom. The third-order valence-corrected chi connectivity index (χ3v) is 1.93. The van der Waals surface area contributed by atoms with E-state index in [2.05, 4.69) is 9.97 Å². The molecule has 6 heteroatoms. The lowest BCUT2D eigenvalue weighted by molar-refractivity contribution is 0.421. The van der Waals surface area contributed by atoms with Crippen molar-refractivity contribution in [1.82, 2.24) is 9.97 Å². The molecule has 0 saturated carbocycles. The molecule has 2 N–H and O–H groups in total. The molecule has 1 heterocycles. The van der Waals surface area contributed by atoms with Crippen LogP contribution in [0.25, 0.3) is 0 Å². The Morgan fingerprint density at radius 1 is 1.29 bits per heavy atom. The van der Waals surface area contributed by atoms with E-state index in [-0.39, 0.29) is 11.8 Å². The smallest absolute Gasteiger partial charge is 0.260 e. The van der Waals surface area contributed by atoms with Crippen LogP contribution in [0.2, 0.25) is 0 Å². The van der Waals surface area contributed by atoms with Gasteiger partial charge in [-0.15, -0.1) is 0 Å². The minimum Gasteiger partial charge on any atom is -0.436 e. The van der Waals surface area contributed by atoms with Crippen LogP contribution in [0, 0.1) is 17.1 Å². The van der Waals surface area contributed by atoms with Crippen LogP contribution in [0.3, 0.4) is 0 Å². The molecule has 0 spiro atoms. The maximum absolute atomic E-state index is 13.2. The van der Waals surface area contributed by atoms with E-state index in [1.54, 1.807) is 12.1 Å². The topological polar surface area (TPSA) is 84.8 Å². The van der Waals surface area contributed by atoms with Gasteiger partial charge < -0.3 is 10.5 Å². The molecule has 5 nitrogen and oxygen atoms in total. The highest BCUT2D eigenvalue weighted by molar-refractivity contribution is 5.36. The fourth-order valence-electron chi connectivity index (χ4n) is 1.15. The molecular formula is C11H7FN4O. The summed E-state index contributed by atoms with van der Waals surface area (Å²) in [6.45, 7) is 0. The van der Waals surface area contributed by atoms with Crippen LogP contribution in [-0.4, -0.2) is 9.97 Å². The lowest BCUT2D eigenvalue weighted by atomic mass is 10.2. The summed E-state index contributed by atoms with van der Waals surface area (Å²) in [5.74, 6) is -0.665. The van der Waals surface area contributed by atoms with Gasteiger partial charge in [0, 0.05) is 0 Å². The average molecular weight is 230 g/mol. The molecule has 0 radical (unpaired) electrons. The first-order valence-electron chi connectivity index (χ1n) is 4.65. The predicted octanol–water partition coefficient (Wildman–Crippen LogP) is 1.86. The number of anilines is 1. The monoisotopic (exact) mass is 230 g/mol. The first-order valence-corrected chi connectivity index (χ1v) is 4.65. The number of nitrogens with zero attached hydrogens (tertiary/aromatic N) is 3. The molecule has 0 aliphatic rings. The van der Waals surface area contributed by atoms with Crippen LogP contribution >= 0.6 is 0 Å². The van der Waals surface area contributed by atoms with Gasteiger partial charge in [-0.05, 0) is 24.3 Å². The first-order chi connectivity index (χ1) is 8.19. The number of rotatable bonds is 2. The van der Waals surface area contributed by atoms with Gasteiger partial charge in [-0.2, -0.15) is 14.6 Å². The highest BCUT2D eigenvalue weighted by Gasteiger charge is 2.07. The zero-order valence-electron chi connectivity index (χ0n) is 8.59. The number of aromatic nitrogens is 2. The van der Waals surface area contributed by atoms with Crippen molar-refractivity contribution in [2.24, 2.45) is 0 Å². The molecule has 0 aliphatic heterocycles. The van der Waals surface area contributed by atoms with E-state index in [1.165, 1.54) is 12.1 Å². The maximum Gasteiger partial charge on any atom is 0.260 e. The summed E-state index contributed by atoms with van der Waals surface area (Å²) in [7, 11) is 0. The van der Waals surface area contributed by atoms with Gasteiger partial charge in [-0.3, -0.25) is 0 Å². The van der Waals surface area contributed by atoms with Gasteiger partial charge in [0.15, 0.2) is 0 Å². The fourth-order valence-corrected chi connectivity index (χ4v) is 1.15. The molecule has 0 fully saturated rings. The summed E-state index contributed by atoms with van der Waals surface area (Å²) in [6, 6.07) is 8.15. The Bertz CT molecular complexity index is 577. The SMILES string of the molecule is N#Cc1ccc(Oc2nc(N)ncc2F)cc1. The molecule has 1 aromatic heterocycles. The van der Waals surface area contributed by atoms with Crippen molar-refractivity contribution in [3.8, 4) is 17.7 Å². The van der Waals surface area contributed by atoms with E-state index < -0.39 is 5.82 Å². The van der Waals surface area contributed by atoms with Crippen molar-refractivity contribution in [2.75, 3.05) is 5.73 Å². The highest BCUT2D eigenvalue weighted by atomic mass is 19.1. The summed E-state index contributed by atoms with van der Waals surface area (Å²) in [6.07, 6.45) is 0.932. The molecule has 1 aromatic carbocycles. The fraction of sp³-hybridized carbons (Fsp3) is 0. The lowest BCUT2D eigenvalue weighted by Gasteiger charge is -2.05. The second-order valence-corrected chi connectivity index (χ2v) is 3.12. The van der Waals surface area contributed by atoms with Gasteiger partial charge in [0.05, 0.1) is 17.8 Å². The van der Waals surface area contributed by atoms with Crippen molar-refractivity contribution >= 4 is 5.95 Å². The van der Waals surface area contributed by atoms with Gasteiger partial charge in [-0.25, -0.2) is 4.98 Å². The van der Waals surface area contributed by atoms with Gasteiger partial charge in [0.25, 0.3) is 5.88 Å². The molecule has 0 saturated heterocycles. The number of ether oxygens (including phenoxy) is 1. The van der Waals surface area contributed by atoms with Gasteiger partial charge in [0.1, 0.15) is 5.75 Å². The number of benzene rings is 1. The van der Waals surface area contributed by atoms with Crippen molar-refractivity contribution in [2.45, 2.75) is 0 Å². The Labute approximate surface area is 96.3 Å². The third kappa shape index (κ3) is 2.46. The molecule has 17 heavy (non-hydrogen) atoms. The van der Waals surface area contributed by atoms with Crippen molar-refractivity contribution in [3.63, 3.8) is 0 Å². The molecule has 0 unspecified atom stereocenters. The summed E-state index contributed by atoms with van der Waals surface area (Å²) in [5.41, 5.74) is 5.80. The molecule has 0 aliphatic carbocycles. The second kappa shape index (κ2) is 4.45. The zero-order chi connectivity index (χ0) is 12.3. The quantitative estimate of drug-likeness (QED) is 0.851. The van der Waals surface area contributed by atoms with Crippen molar-refractivity contribution in [1.29, 1.82) is 5.26 Å². The number of hydrogen-bond acceptors (Lipinski definition) is 5. The Balaban J connectivity index is 2.25. The maximum atomic E-state index is 13.2. The zero-order valence-corrected chi connectivity index (χ0v) is 8.59. The van der Waals surface area contributed by atoms with E-state index >= 15 is 0 Å². The van der Waals surface area contributed by atoms with E-state index in [4.69, 9.17) is 15.7 Å². The van der Waals surface area contributed by atoms with Crippen LogP contribution in [-0.2, 0) is 0 Å². The van der Waals surface area contributed by atoms with E-state index in [1.807, 2.05) is 6.07 Å². The number of halogens is 1. The summed E-state index contributed by atoms with van der Waals surface area (Å²) in [4.78, 5) is 7.09. The molecule has 0 amide bonds. The van der Waals surface area contributed by atoms with Gasteiger partial charge in [-0.1, -0.05) is 0 Å². The van der Waals surface area contributed by atoms with E-state index in [0.29, 0.717) is 11.3 Å². The lowest BCUT2D eigenvalue weighted by Crippen LogP contribution is -1.99. The molecule has 0 atom stereocenters. The Morgan fingerprint density at radius 2 is 2.00 bits per heavy atom. The van der Waals surface area contributed by atoms with Crippen molar-refractivity contribution < 1.29 is 9.13 Å². The van der Waals surface area contributed by atoms with Crippen LogP contribution in [0.15, 0.2) is 30.5 Å². The van der Waals surface area contributed by atoms with E-state index in [9.17, 15) is 4.39 Å². The number of nitrogens with two attached hydrogens (primary N) is 1. The number of nitriles is 1. The average Bonchev–Trinajstić information content (AvgIpc) is 2.35. The van der Waals surface area contributed by atoms with E-state index in [0.717, 1.165) is 6.20 Å². The van der Waals surface area contributed by atoms with Crippen molar-refractivity contribution in [3.05, 3.63) is 41.8 Å². The summed E-state index contributed by atoms with van der Waals surface area (Å²) >= 11 is 0. The third-order valence-electron chi connectivity index (χ3n) is 1.93. The second-order valence-electron chi connectivity index (χ2n) is 3.12. The largest absolute Gasteiger partial charge is 0.436 e. The van der Waals surface area contributed by atoms with Crippen LogP contribution in [0.1, 0.15) is 5.56 Å². The first kappa shape index (κ1) is 10.8. The highest BCUT2D eigenvalue weighted by Crippen LogP contribution is 2.22. The standard InChI is InChI=1S/C11H7FN4O/c12-9-6-15-11(14)16-10(9)17-8-3-1-7(5-13)2-4-8/h1-4,6H,(H2,14,15,16). The summed E-state index contributed by atoms with van der Waals surface area (Å²) in [5, 5.41) is 8.61. The molecule has 0 bridgehead atoms. The molecular weight excluding hydrogens is 223 g/mol. The number of nitrogen functional groups attached to an aromatic ring is 1. The van der Waals surface area contributed by atoms with Crippen LogP contribution < -0.4 is 10.5 Å². The normalized spacial score (nSPS) is 9.65. The molecule has 2 aromatic rings. The molecule has 2 rings (SSSR count). The van der Waals surface area contributed by atoms with Gasteiger partial charge in [0.2, 0.25) is 11.8 Å². The summed E-state index contributed by atoms with van der Waals surface area (Å²) < 4.78 is 18.4. The molecule has 84 valence electrons. The van der Waals surface area contributed by atoms with Gasteiger partial charge >= 0.3 is 0 Å². The predicted molar refractivity (Wildman–Crippen MR) is 57.6 cm³/mol. The number of hydrogen-bond donors (Lipinski definition) is 1. The van der Waals surface area contributed by atoms with Crippen LogP contribution in [0.4, 0.5) is 10.3 Å². The minimum absolute atomic E-state index is 0.0740. The van der Waals surface area contributed by atoms with Crippen LogP contribution in [0.5, 0.6) is 11.6 Å². The Hall–Kier alpha value is -2.68.